The molecule has 0 N–H and O–H groups in total. The summed E-state index contributed by atoms with van der Waals surface area (Å²) in [5.74, 6) is 1.23. The Labute approximate surface area is 155 Å². The van der Waals surface area contributed by atoms with Gasteiger partial charge in [-0.25, -0.2) is 9.13 Å². The van der Waals surface area contributed by atoms with Gasteiger partial charge in [0.15, 0.2) is 11.0 Å². The van der Waals surface area contributed by atoms with Crippen molar-refractivity contribution in [3.05, 3.63) is 77.8 Å². The van der Waals surface area contributed by atoms with Crippen molar-refractivity contribution in [2.75, 3.05) is 11.4 Å². The summed E-state index contributed by atoms with van der Waals surface area (Å²) in [4.78, 5) is 2.41. The van der Waals surface area contributed by atoms with Crippen LogP contribution in [0.1, 0.15) is 25.2 Å². The fourth-order valence-corrected chi connectivity index (χ4v) is 4.07. The lowest BCUT2D eigenvalue weighted by molar-refractivity contribution is -0.647. The van der Waals surface area contributed by atoms with Crippen LogP contribution in [0.3, 0.4) is 0 Å². The van der Waals surface area contributed by atoms with Gasteiger partial charge in [0, 0.05) is 30.4 Å². The normalized spacial score (nSPS) is 15.5. The molecule has 1 aliphatic heterocycles. The fraction of sp³-hybridized carbons (Fsp3) is 0.261. The summed E-state index contributed by atoms with van der Waals surface area (Å²) in [5, 5.41) is 0. The molecule has 4 rings (SSSR count). The van der Waals surface area contributed by atoms with E-state index >= 15 is 0 Å². The lowest BCUT2D eigenvalue weighted by Gasteiger charge is -2.18. The standard InChI is InChI=1S/C23H26N3/c1-4-25-19(17-18-11-6-7-13-20(18)25)12-10-16-23-24(3)21-14-8-9-15-22(21)26(23)5-2/h6-16H,4-5,17H2,1-3H3/q+1. The Morgan fingerprint density at radius 1 is 1.00 bits per heavy atom. The molecule has 132 valence electrons. The van der Waals surface area contributed by atoms with Crippen molar-refractivity contribution in [2.24, 2.45) is 7.05 Å². The first-order valence-corrected chi connectivity index (χ1v) is 9.44. The van der Waals surface area contributed by atoms with Crippen molar-refractivity contribution < 1.29 is 4.57 Å². The van der Waals surface area contributed by atoms with Gasteiger partial charge in [-0.05, 0) is 43.7 Å². The summed E-state index contributed by atoms with van der Waals surface area (Å²) in [6.07, 6.45) is 7.70. The molecular formula is C23H26N3+. The highest BCUT2D eigenvalue weighted by Gasteiger charge is 2.22. The summed E-state index contributed by atoms with van der Waals surface area (Å²) in [5.41, 5.74) is 6.69. The van der Waals surface area contributed by atoms with Crippen LogP contribution in [0.15, 0.2) is 66.4 Å². The fourth-order valence-electron chi connectivity index (χ4n) is 4.07. The minimum absolute atomic E-state index is 0.962. The van der Waals surface area contributed by atoms with Crippen LogP contribution < -0.4 is 9.47 Å². The van der Waals surface area contributed by atoms with Gasteiger partial charge in [-0.2, -0.15) is 0 Å². The second-order valence-electron chi connectivity index (χ2n) is 6.72. The van der Waals surface area contributed by atoms with Crippen LogP contribution in [0.25, 0.3) is 17.1 Å². The Kier molecular flexibility index (Phi) is 4.37. The maximum atomic E-state index is 2.41. The summed E-state index contributed by atoms with van der Waals surface area (Å²) in [6.45, 7) is 6.38. The first-order chi connectivity index (χ1) is 12.7. The summed E-state index contributed by atoms with van der Waals surface area (Å²) in [7, 11) is 2.14. The average molecular weight is 344 g/mol. The molecule has 3 nitrogen and oxygen atoms in total. The lowest BCUT2D eigenvalue weighted by atomic mass is 10.1. The van der Waals surface area contributed by atoms with E-state index in [1.54, 1.807) is 0 Å². The number of aromatic nitrogens is 2. The van der Waals surface area contributed by atoms with Crippen LogP contribution in [-0.2, 0) is 20.0 Å². The molecule has 0 bridgehead atoms. The number of nitrogens with zero attached hydrogens (tertiary/aromatic N) is 3. The summed E-state index contributed by atoms with van der Waals surface area (Å²) in [6, 6.07) is 17.3. The quantitative estimate of drug-likeness (QED) is 0.636. The zero-order chi connectivity index (χ0) is 18.1. The van der Waals surface area contributed by atoms with E-state index in [0.29, 0.717) is 0 Å². The molecule has 2 heterocycles. The number of fused-ring (bicyclic) bond motifs is 2. The molecule has 0 saturated carbocycles. The molecule has 0 saturated heterocycles. The maximum Gasteiger partial charge on any atom is 0.282 e. The number of likely N-dealkylation sites (N-methyl/N-ethyl adjacent to an activating group) is 1. The topological polar surface area (TPSA) is 12.1 Å². The molecule has 26 heavy (non-hydrogen) atoms. The minimum atomic E-state index is 0.962. The zero-order valence-corrected chi connectivity index (χ0v) is 15.8. The van der Waals surface area contributed by atoms with Gasteiger partial charge in [-0.3, -0.25) is 0 Å². The van der Waals surface area contributed by atoms with Gasteiger partial charge >= 0.3 is 0 Å². The van der Waals surface area contributed by atoms with E-state index < -0.39 is 0 Å². The van der Waals surface area contributed by atoms with E-state index in [4.69, 9.17) is 0 Å². The highest BCUT2D eigenvalue weighted by molar-refractivity contribution is 5.74. The van der Waals surface area contributed by atoms with Gasteiger partial charge < -0.3 is 4.90 Å². The number of hydrogen-bond donors (Lipinski definition) is 0. The number of rotatable bonds is 4. The monoisotopic (exact) mass is 344 g/mol. The zero-order valence-electron chi connectivity index (χ0n) is 15.8. The first-order valence-electron chi connectivity index (χ1n) is 9.44. The Bertz CT molecular complexity index is 1010. The Hall–Kier alpha value is -2.81. The molecular weight excluding hydrogens is 318 g/mol. The average Bonchev–Trinajstić information content (AvgIpc) is 3.17. The molecule has 0 radical (unpaired) electrons. The van der Waals surface area contributed by atoms with Crippen molar-refractivity contribution in [3.63, 3.8) is 0 Å². The number of para-hydroxylation sites is 3. The number of benzene rings is 2. The molecule has 0 aliphatic carbocycles. The van der Waals surface area contributed by atoms with Crippen molar-refractivity contribution in [3.8, 4) is 0 Å². The Morgan fingerprint density at radius 2 is 1.77 bits per heavy atom. The second-order valence-corrected chi connectivity index (χ2v) is 6.72. The third-order valence-corrected chi connectivity index (χ3v) is 5.32. The van der Waals surface area contributed by atoms with Gasteiger partial charge in [0.2, 0.25) is 0 Å². The molecule has 3 aromatic rings. The third kappa shape index (κ3) is 2.64. The van der Waals surface area contributed by atoms with Gasteiger partial charge in [0.05, 0.1) is 13.6 Å². The highest BCUT2D eigenvalue weighted by Crippen LogP contribution is 2.33. The molecule has 0 atom stereocenters. The van der Waals surface area contributed by atoms with Crippen LogP contribution >= 0.6 is 0 Å². The second kappa shape index (κ2) is 6.83. The van der Waals surface area contributed by atoms with Crippen LogP contribution in [-0.4, -0.2) is 11.1 Å². The smallest absolute Gasteiger partial charge is 0.282 e. The third-order valence-electron chi connectivity index (χ3n) is 5.32. The number of anilines is 1. The van der Waals surface area contributed by atoms with Gasteiger partial charge in [0.1, 0.15) is 0 Å². The predicted molar refractivity (Wildman–Crippen MR) is 109 cm³/mol. The van der Waals surface area contributed by atoms with E-state index in [-0.39, 0.29) is 0 Å². The van der Waals surface area contributed by atoms with Gasteiger partial charge in [0.25, 0.3) is 5.82 Å². The minimum Gasteiger partial charge on any atom is -0.345 e. The maximum absolute atomic E-state index is 2.41. The van der Waals surface area contributed by atoms with Gasteiger partial charge in [-0.15, -0.1) is 0 Å². The molecule has 1 aromatic heterocycles. The van der Waals surface area contributed by atoms with Crippen LogP contribution in [0.5, 0.6) is 0 Å². The van der Waals surface area contributed by atoms with Gasteiger partial charge in [-0.1, -0.05) is 36.4 Å². The van der Waals surface area contributed by atoms with Crippen LogP contribution in [0, 0.1) is 0 Å². The van der Waals surface area contributed by atoms with E-state index in [1.807, 2.05) is 0 Å². The number of hydrogen-bond acceptors (Lipinski definition) is 1. The number of imidazole rings is 1. The van der Waals surface area contributed by atoms with Crippen LogP contribution in [0.4, 0.5) is 5.69 Å². The summed E-state index contributed by atoms with van der Waals surface area (Å²) < 4.78 is 4.64. The molecule has 2 aromatic carbocycles. The van der Waals surface area contributed by atoms with Crippen molar-refractivity contribution >= 4 is 22.8 Å². The number of aryl methyl sites for hydroxylation is 2. The van der Waals surface area contributed by atoms with E-state index in [0.717, 1.165) is 19.5 Å². The molecule has 3 heteroatoms. The largest absolute Gasteiger partial charge is 0.345 e. The van der Waals surface area contributed by atoms with Crippen molar-refractivity contribution in [2.45, 2.75) is 26.8 Å². The lowest BCUT2D eigenvalue weighted by Crippen LogP contribution is -2.30. The van der Waals surface area contributed by atoms with E-state index in [9.17, 15) is 0 Å². The Balaban J connectivity index is 1.69. The van der Waals surface area contributed by atoms with Crippen molar-refractivity contribution in [1.82, 2.24) is 4.57 Å². The van der Waals surface area contributed by atoms with E-state index in [1.165, 1.54) is 33.8 Å². The predicted octanol–water partition coefficient (Wildman–Crippen LogP) is 4.47. The van der Waals surface area contributed by atoms with Crippen molar-refractivity contribution in [1.29, 1.82) is 0 Å². The number of allylic oxidation sites excluding steroid dienone is 3. The van der Waals surface area contributed by atoms with Crippen LogP contribution in [0.2, 0.25) is 0 Å². The highest BCUT2D eigenvalue weighted by atomic mass is 15.2. The molecule has 0 fully saturated rings. The molecule has 0 unspecified atom stereocenters. The summed E-state index contributed by atoms with van der Waals surface area (Å²) >= 11 is 0. The Morgan fingerprint density at radius 3 is 2.58 bits per heavy atom. The van der Waals surface area contributed by atoms with E-state index in [2.05, 4.69) is 102 Å². The molecule has 0 spiro atoms. The molecule has 1 aliphatic rings. The molecule has 0 amide bonds. The SMILES string of the molecule is CCN1/C(=C/C=C/c2n(CC)c3ccccc3[n+]2C)Cc2ccccc21. The first kappa shape index (κ1) is 16.6.